The zero-order valence-electron chi connectivity index (χ0n) is 20.6. The number of aryl methyl sites for hydroxylation is 1. The molecule has 0 aliphatic heterocycles. The van der Waals surface area contributed by atoms with Crippen LogP contribution in [0.2, 0.25) is 0 Å². The number of aliphatic carboxylic acids is 1. The quantitative estimate of drug-likeness (QED) is 0.215. The van der Waals surface area contributed by atoms with E-state index in [1.54, 1.807) is 49.4 Å². The number of hydrogen-bond donors (Lipinski definition) is 2. The van der Waals surface area contributed by atoms with E-state index in [0.717, 1.165) is 0 Å². The Hall–Kier alpha value is -4.78. The average molecular weight is 573 g/mol. The maximum atomic E-state index is 12.8. The minimum atomic E-state index is -4.85. The lowest BCUT2D eigenvalue weighted by Gasteiger charge is -2.10. The number of halogens is 3. The van der Waals surface area contributed by atoms with Crippen LogP contribution in [0.3, 0.4) is 0 Å². The third-order valence-electron chi connectivity index (χ3n) is 5.56. The maximum absolute atomic E-state index is 12.8. The summed E-state index contributed by atoms with van der Waals surface area (Å²) in [5.41, 5.74) is 2.92. The highest BCUT2D eigenvalue weighted by Crippen LogP contribution is 2.40. The molecule has 0 bridgehead atoms. The summed E-state index contributed by atoms with van der Waals surface area (Å²) in [6, 6.07) is 15.4. The number of rotatable bonds is 9. The van der Waals surface area contributed by atoms with E-state index in [4.69, 9.17) is 19.0 Å². The standard InChI is InChI=1S/C27H19F3N2O7S/c1-14-9-17(6-8-20(14)37-13-23(33)34)36-12-22-32-24(15-5-7-19-21(11-15)38-26(35)31-19)25(40-22)16-3-2-4-18(10-16)39-27(28,29)30/h2-11H,12-13H2,1H3,(H,31,35)(H,33,34). The summed E-state index contributed by atoms with van der Waals surface area (Å²) in [4.78, 5) is 30.2. The summed E-state index contributed by atoms with van der Waals surface area (Å²) >= 11 is 1.22. The van der Waals surface area contributed by atoms with Gasteiger partial charge in [-0.25, -0.2) is 14.6 Å². The van der Waals surface area contributed by atoms with Crippen LogP contribution in [0.1, 0.15) is 10.6 Å². The van der Waals surface area contributed by atoms with Crippen LogP contribution >= 0.6 is 11.3 Å². The van der Waals surface area contributed by atoms with Crippen molar-refractivity contribution in [2.24, 2.45) is 0 Å². The molecule has 2 N–H and O–H groups in total. The number of hydrogen-bond acceptors (Lipinski definition) is 8. The zero-order chi connectivity index (χ0) is 28.4. The Morgan fingerprint density at radius 1 is 1.05 bits per heavy atom. The molecule has 0 aliphatic carbocycles. The fourth-order valence-corrected chi connectivity index (χ4v) is 4.90. The molecule has 2 aromatic heterocycles. The van der Waals surface area contributed by atoms with Crippen molar-refractivity contribution in [3.05, 3.63) is 81.8 Å². The van der Waals surface area contributed by atoms with E-state index in [0.29, 0.717) is 54.9 Å². The van der Waals surface area contributed by atoms with Crippen molar-refractivity contribution in [2.75, 3.05) is 6.61 Å². The number of carboxylic acid groups (broad SMARTS) is 1. The molecule has 0 aliphatic rings. The fraction of sp³-hybridized carbons (Fsp3) is 0.148. The van der Waals surface area contributed by atoms with E-state index in [2.05, 4.69) is 14.7 Å². The first-order valence-electron chi connectivity index (χ1n) is 11.6. The van der Waals surface area contributed by atoms with Crippen LogP contribution in [0, 0.1) is 6.92 Å². The SMILES string of the molecule is Cc1cc(OCc2nc(-c3ccc4[nH]c(=O)oc4c3)c(-c3cccc(OC(F)(F)F)c3)s2)ccc1OCC(=O)O. The highest BCUT2D eigenvalue weighted by Gasteiger charge is 2.31. The second-order valence-corrected chi connectivity index (χ2v) is 9.57. The molecule has 0 fully saturated rings. The summed E-state index contributed by atoms with van der Waals surface area (Å²) in [7, 11) is 0. The molecule has 0 saturated heterocycles. The van der Waals surface area contributed by atoms with Crippen molar-refractivity contribution in [1.29, 1.82) is 0 Å². The first-order valence-corrected chi connectivity index (χ1v) is 12.4. The highest BCUT2D eigenvalue weighted by atomic mass is 32.1. The number of nitrogens with zero attached hydrogens (tertiary/aromatic N) is 1. The Morgan fingerprint density at radius 3 is 2.62 bits per heavy atom. The van der Waals surface area contributed by atoms with Crippen LogP contribution in [0.25, 0.3) is 32.8 Å². The number of thiazole rings is 1. The molecule has 40 heavy (non-hydrogen) atoms. The summed E-state index contributed by atoms with van der Waals surface area (Å²) in [6.45, 7) is 1.31. The number of carboxylic acids is 1. The van der Waals surface area contributed by atoms with Gasteiger partial charge in [-0.3, -0.25) is 4.98 Å². The Kier molecular flexibility index (Phi) is 7.22. The minimum absolute atomic E-state index is 0.0344. The lowest BCUT2D eigenvalue weighted by Crippen LogP contribution is -2.17. The van der Waals surface area contributed by atoms with E-state index in [1.807, 2.05) is 0 Å². The minimum Gasteiger partial charge on any atom is -0.486 e. The second-order valence-electron chi connectivity index (χ2n) is 8.48. The summed E-state index contributed by atoms with van der Waals surface area (Å²) in [5.74, 6) is -1.21. The van der Waals surface area contributed by atoms with Crippen molar-refractivity contribution in [2.45, 2.75) is 19.9 Å². The molecule has 0 radical (unpaired) electrons. The number of nitrogens with one attached hydrogen (secondary N) is 1. The van der Waals surface area contributed by atoms with Gasteiger partial charge in [-0.15, -0.1) is 24.5 Å². The van der Waals surface area contributed by atoms with Crippen molar-refractivity contribution < 1.29 is 41.7 Å². The monoisotopic (exact) mass is 572 g/mol. The molecule has 13 heteroatoms. The van der Waals surface area contributed by atoms with Gasteiger partial charge in [-0.05, 0) is 60.5 Å². The van der Waals surface area contributed by atoms with E-state index >= 15 is 0 Å². The third kappa shape index (κ3) is 6.26. The van der Waals surface area contributed by atoms with Crippen LogP contribution in [0.15, 0.2) is 69.9 Å². The first-order chi connectivity index (χ1) is 19.0. The van der Waals surface area contributed by atoms with Crippen LogP contribution in [0.5, 0.6) is 17.2 Å². The number of carbonyl (C=O) groups is 1. The van der Waals surface area contributed by atoms with E-state index in [9.17, 15) is 22.8 Å². The van der Waals surface area contributed by atoms with E-state index < -0.39 is 24.7 Å². The molecule has 206 valence electrons. The van der Waals surface area contributed by atoms with Crippen molar-refractivity contribution >= 4 is 28.4 Å². The van der Waals surface area contributed by atoms with Crippen molar-refractivity contribution in [3.8, 4) is 38.9 Å². The highest BCUT2D eigenvalue weighted by molar-refractivity contribution is 7.15. The first kappa shape index (κ1) is 26.8. The van der Waals surface area contributed by atoms with E-state index in [-0.39, 0.29) is 12.4 Å². The van der Waals surface area contributed by atoms with Crippen LogP contribution < -0.4 is 20.0 Å². The summed E-state index contributed by atoms with van der Waals surface area (Å²) in [6.07, 6.45) is -4.85. The second kappa shape index (κ2) is 10.8. The molecule has 5 aromatic rings. The van der Waals surface area contributed by atoms with Crippen LogP contribution in [0.4, 0.5) is 13.2 Å². The molecule has 0 unspecified atom stereocenters. The molecule has 0 spiro atoms. The van der Waals surface area contributed by atoms with Gasteiger partial charge in [0.2, 0.25) is 0 Å². The average Bonchev–Trinajstić information content (AvgIpc) is 3.48. The largest absolute Gasteiger partial charge is 0.573 e. The molecular formula is C27H19F3N2O7S. The topological polar surface area (TPSA) is 124 Å². The molecule has 3 aromatic carbocycles. The fourth-order valence-electron chi connectivity index (χ4n) is 3.90. The summed E-state index contributed by atoms with van der Waals surface area (Å²) in [5, 5.41) is 9.32. The molecule has 0 amide bonds. The normalized spacial score (nSPS) is 11.5. The van der Waals surface area contributed by atoms with E-state index in [1.165, 1.54) is 29.5 Å². The number of ether oxygens (including phenoxy) is 3. The van der Waals surface area contributed by atoms with Gasteiger partial charge >= 0.3 is 18.1 Å². The Labute approximate surface area is 227 Å². The number of benzene rings is 3. The number of H-pyrrole nitrogens is 1. The smallest absolute Gasteiger partial charge is 0.486 e. The van der Waals surface area contributed by atoms with Gasteiger partial charge in [0, 0.05) is 5.56 Å². The number of aromatic amines is 1. The number of oxazole rings is 1. The third-order valence-corrected chi connectivity index (χ3v) is 6.63. The Balaban J connectivity index is 1.47. The molecule has 5 rings (SSSR count). The Morgan fingerprint density at radius 2 is 1.88 bits per heavy atom. The van der Waals surface area contributed by atoms with Gasteiger partial charge < -0.3 is 23.7 Å². The molecule has 9 nitrogen and oxygen atoms in total. The van der Waals surface area contributed by atoms with Gasteiger partial charge in [0.25, 0.3) is 0 Å². The van der Waals surface area contributed by atoms with Gasteiger partial charge in [-0.2, -0.15) is 0 Å². The van der Waals surface area contributed by atoms with Crippen molar-refractivity contribution in [1.82, 2.24) is 9.97 Å². The zero-order valence-corrected chi connectivity index (χ0v) is 21.4. The summed E-state index contributed by atoms with van der Waals surface area (Å²) < 4.78 is 58.9. The van der Waals surface area contributed by atoms with Crippen LogP contribution in [-0.2, 0) is 11.4 Å². The predicted octanol–water partition coefficient (Wildman–Crippen LogP) is 6.16. The number of alkyl halides is 3. The lowest BCUT2D eigenvalue weighted by molar-refractivity contribution is -0.274. The van der Waals surface area contributed by atoms with Gasteiger partial charge in [0.05, 0.1) is 16.1 Å². The van der Waals surface area contributed by atoms with Gasteiger partial charge in [-0.1, -0.05) is 18.2 Å². The van der Waals surface area contributed by atoms with Gasteiger partial charge in [0.1, 0.15) is 28.9 Å². The Bertz CT molecular complexity index is 1760. The lowest BCUT2D eigenvalue weighted by atomic mass is 10.1. The molecular weight excluding hydrogens is 553 g/mol. The maximum Gasteiger partial charge on any atom is 0.573 e. The van der Waals surface area contributed by atoms with Crippen LogP contribution in [-0.4, -0.2) is 34.0 Å². The number of aromatic nitrogens is 2. The van der Waals surface area contributed by atoms with Gasteiger partial charge in [0.15, 0.2) is 12.2 Å². The number of fused-ring (bicyclic) bond motifs is 1. The predicted molar refractivity (Wildman–Crippen MR) is 139 cm³/mol. The molecule has 0 saturated carbocycles. The van der Waals surface area contributed by atoms with Crippen molar-refractivity contribution in [3.63, 3.8) is 0 Å². The molecule has 0 atom stereocenters. The molecule has 2 heterocycles.